The second-order valence-electron chi connectivity index (χ2n) is 4.45. The molecule has 0 fully saturated rings. The van der Waals surface area contributed by atoms with Gasteiger partial charge in [-0.2, -0.15) is 0 Å². The molecule has 108 valence electrons. The zero-order valence-electron chi connectivity index (χ0n) is 11.4. The minimum absolute atomic E-state index is 0.306. The first-order valence-corrected chi connectivity index (χ1v) is 7.32. The van der Waals surface area contributed by atoms with Crippen molar-refractivity contribution in [2.45, 2.75) is 13.5 Å². The van der Waals surface area contributed by atoms with Gasteiger partial charge in [0.15, 0.2) is 5.13 Å². The van der Waals surface area contributed by atoms with Gasteiger partial charge in [0.2, 0.25) is 5.82 Å². The summed E-state index contributed by atoms with van der Waals surface area (Å²) < 4.78 is 7.79. The van der Waals surface area contributed by atoms with Gasteiger partial charge < -0.3 is 15.0 Å². The molecule has 0 unspecified atom stereocenters. The number of imidazole rings is 1. The van der Waals surface area contributed by atoms with Crippen LogP contribution in [-0.4, -0.2) is 27.1 Å². The highest BCUT2D eigenvalue weighted by Gasteiger charge is 2.14. The molecule has 0 saturated carbocycles. The number of esters is 1. The van der Waals surface area contributed by atoms with Gasteiger partial charge in [-0.1, -0.05) is 17.4 Å². The van der Waals surface area contributed by atoms with Crippen molar-refractivity contribution in [1.29, 1.82) is 0 Å². The molecule has 3 rings (SSSR count). The lowest BCUT2D eigenvalue weighted by Crippen LogP contribution is -2.13. The average Bonchev–Trinajstić information content (AvgIpc) is 3.04. The number of nitrogen functional groups attached to an aromatic ring is 1. The number of ether oxygens (including phenoxy) is 1. The van der Waals surface area contributed by atoms with Crippen molar-refractivity contribution in [3.63, 3.8) is 0 Å². The number of carbonyl (C=O) groups is 1. The van der Waals surface area contributed by atoms with Crippen LogP contribution in [0.3, 0.4) is 0 Å². The highest BCUT2D eigenvalue weighted by Crippen LogP contribution is 2.25. The molecule has 0 atom stereocenters. The lowest BCUT2D eigenvalue weighted by atomic mass is 10.2. The van der Waals surface area contributed by atoms with Gasteiger partial charge in [0.25, 0.3) is 0 Å². The number of nitrogens with two attached hydrogens (primary N) is 1. The third-order valence-corrected chi connectivity index (χ3v) is 3.84. The van der Waals surface area contributed by atoms with Crippen molar-refractivity contribution >= 4 is 32.7 Å². The van der Waals surface area contributed by atoms with Crippen molar-refractivity contribution in [2.24, 2.45) is 0 Å². The van der Waals surface area contributed by atoms with Gasteiger partial charge in [0, 0.05) is 18.9 Å². The molecule has 0 aliphatic heterocycles. The Kier molecular flexibility index (Phi) is 3.57. The van der Waals surface area contributed by atoms with Crippen LogP contribution in [0.15, 0.2) is 30.6 Å². The van der Waals surface area contributed by atoms with Gasteiger partial charge in [-0.3, -0.25) is 0 Å². The van der Waals surface area contributed by atoms with E-state index in [4.69, 9.17) is 10.5 Å². The van der Waals surface area contributed by atoms with Crippen molar-refractivity contribution in [3.05, 3.63) is 42.0 Å². The number of anilines is 1. The van der Waals surface area contributed by atoms with Crippen LogP contribution in [0.5, 0.6) is 0 Å². The maximum absolute atomic E-state index is 11.8. The summed E-state index contributed by atoms with van der Waals surface area (Å²) in [6.45, 7) is 2.65. The van der Waals surface area contributed by atoms with E-state index in [0.29, 0.717) is 24.1 Å². The van der Waals surface area contributed by atoms with Gasteiger partial charge in [-0.05, 0) is 24.6 Å². The van der Waals surface area contributed by atoms with Crippen molar-refractivity contribution in [2.75, 3.05) is 12.3 Å². The van der Waals surface area contributed by atoms with Gasteiger partial charge in [0.1, 0.15) is 0 Å². The summed E-state index contributed by atoms with van der Waals surface area (Å²) in [7, 11) is 0. The molecule has 6 nitrogen and oxygen atoms in total. The van der Waals surface area contributed by atoms with E-state index in [9.17, 15) is 4.79 Å². The molecule has 0 bridgehead atoms. The normalized spacial score (nSPS) is 10.9. The topological polar surface area (TPSA) is 83.0 Å². The summed E-state index contributed by atoms with van der Waals surface area (Å²) in [4.78, 5) is 20.1. The fourth-order valence-corrected chi connectivity index (χ4v) is 2.90. The molecule has 0 spiro atoms. The fraction of sp³-hybridized carbons (Fsp3) is 0.214. The van der Waals surface area contributed by atoms with Crippen LogP contribution in [0.25, 0.3) is 10.2 Å². The quantitative estimate of drug-likeness (QED) is 0.748. The lowest BCUT2D eigenvalue weighted by molar-refractivity contribution is 0.0507. The Morgan fingerprint density at radius 2 is 2.33 bits per heavy atom. The molecule has 0 amide bonds. The number of hydrogen-bond acceptors (Lipinski definition) is 6. The van der Waals surface area contributed by atoms with E-state index in [2.05, 4.69) is 9.97 Å². The molecule has 2 aromatic heterocycles. The highest BCUT2D eigenvalue weighted by atomic mass is 32.1. The number of nitrogens with zero attached hydrogens (tertiary/aromatic N) is 3. The smallest absolute Gasteiger partial charge is 0.374 e. The van der Waals surface area contributed by atoms with Crippen LogP contribution in [0.1, 0.15) is 23.1 Å². The summed E-state index contributed by atoms with van der Waals surface area (Å²) in [5.41, 5.74) is 7.64. The van der Waals surface area contributed by atoms with Crippen molar-refractivity contribution in [1.82, 2.24) is 14.5 Å². The fourth-order valence-electron chi connectivity index (χ4n) is 2.10. The number of thiazole rings is 1. The number of carbonyl (C=O) groups excluding carboxylic acids is 1. The third kappa shape index (κ3) is 2.73. The Hall–Kier alpha value is -2.41. The predicted octanol–water partition coefficient (Wildman–Crippen LogP) is 2.30. The minimum atomic E-state index is -0.411. The molecular formula is C14H14N4O2S. The highest BCUT2D eigenvalue weighted by molar-refractivity contribution is 7.22. The van der Waals surface area contributed by atoms with E-state index in [1.54, 1.807) is 23.9 Å². The molecule has 0 radical (unpaired) electrons. The van der Waals surface area contributed by atoms with Crippen molar-refractivity contribution in [3.8, 4) is 0 Å². The second kappa shape index (κ2) is 5.53. The monoisotopic (exact) mass is 302 g/mol. The standard InChI is InChI=1S/C14H14N4O2S/c1-2-20-13(19)12-16-5-6-18(12)8-9-3-4-10-11(7-9)21-14(15)17-10/h3-7H,2,8H2,1H3,(H2,15,17). The lowest BCUT2D eigenvalue weighted by Gasteiger charge is -2.07. The molecule has 7 heteroatoms. The Morgan fingerprint density at radius 1 is 1.48 bits per heavy atom. The van der Waals surface area contributed by atoms with E-state index < -0.39 is 5.97 Å². The van der Waals surface area contributed by atoms with E-state index in [-0.39, 0.29) is 0 Å². The molecule has 21 heavy (non-hydrogen) atoms. The van der Waals surface area contributed by atoms with Crippen LogP contribution in [0, 0.1) is 0 Å². The number of aromatic nitrogens is 3. The maximum atomic E-state index is 11.8. The van der Waals surface area contributed by atoms with E-state index in [1.165, 1.54) is 11.3 Å². The van der Waals surface area contributed by atoms with E-state index in [0.717, 1.165) is 15.8 Å². The van der Waals surface area contributed by atoms with Crippen molar-refractivity contribution < 1.29 is 9.53 Å². The first kappa shape index (κ1) is 13.6. The Balaban J connectivity index is 1.88. The summed E-state index contributed by atoms with van der Waals surface area (Å²) in [5.74, 6) is -0.105. The third-order valence-electron chi connectivity index (χ3n) is 3.00. The van der Waals surface area contributed by atoms with E-state index in [1.807, 2.05) is 18.2 Å². The van der Waals surface area contributed by atoms with Gasteiger partial charge >= 0.3 is 5.97 Å². The second-order valence-corrected chi connectivity index (χ2v) is 5.52. The first-order chi connectivity index (χ1) is 10.2. The number of hydrogen-bond donors (Lipinski definition) is 1. The van der Waals surface area contributed by atoms with Gasteiger partial charge in [-0.25, -0.2) is 14.8 Å². The Bertz CT molecular complexity index is 793. The minimum Gasteiger partial charge on any atom is -0.460 e. The predicted molar refractivity (Wildman–Crippen MR) is 81.3 cm³/mol. The van der Waals surface area contributed by atoms with Crippen LogP contribution in [0.2, 0.25) is 0 Å². The number of benzene rings is 1. The maximum Gasteiger partial charge on any atom is 0.374 e. The largest absolute Gasteiger partial charge is 0.460 e. The van der Waals surface area contributed by atoms with Crippen LogP contribution < -0.4 is 5.73 Å². The zero-order valence-corrected chi connectivity index (χ0v) is 12.3. The zero-order chi connectivity index (χ0) is 14.8. The molecule has 3 aromatic rings. The summed E-state index contributed by atoms with van der Waals surface area (Å²) in [6, 6.07) is 5.92. The molecule has 0 aliphatic carbocycles. The number of fused-ring (bicyclic) bond motifs is 1. The summed E-state index contributed by atoms with van der Waals surface area (Å²) in [5, 5.41) is 0.553. The Morgan fingerprint density at radius 3 is 3.14 bits per heavy atom. The van der Waals surface area contributed by atoms with E-state index >= 15 is 0 Å². The molecular weight excluding hydrogens is 288 g/mol. The SMILES string of the molecule is CCOC(=O)c1nccn1Cc1ccc2nc(N)sc2c1. The van der Waals surface area contributed by atoms with Gasteiger partial charge in [-0.15, -0.1) is 0 Å². The van der Waals surface area contributed by atoms with Crippen LogP contribution in [-0.2, 0) is 11.3 Å². The molecule has 2 N–H and O–H groups in total. The van der Waals surface area contributed by atoms with Gasteiger partial charge in [0.05, 0.1) is 16.8 Å². The van der Waals surface area contributed by atoms with Crippen LogP contribution >= 0.6 is 11.3 Å². The average molecular weight is 302 g/mol. The summed E-state index contributed by atoms with van der Waals surface area (Å²) >= 11 is 1.45. The number of rotatable bonds is 4. The molecule has 0 aliphatic rings. The summed E-state index contributed by atoms with van der Waals surface area (Å²) in [6.07, 6.45) is 3.35. The molecule has 2 heterocycles. The first-order valence-electron chi connectivity index (χ1n) is 6.50. The Labute approximate surface area is 125 Å². The van der Waals surface area contributed by atoms with Crippen LogP contribution in [0.4, 0.5) is 5.13 Å². The molecule has 1 aromatic carbocycles. The molecule has 0 saturated heterocycles.